The normalized spacial score (nSPS) is 23.6. The van der Waals surface area contributed by atoms with Crippen LogP contribution in [0.15, 0.2) is 23.8 Å². The van der Waals surface area contributed by atoms with Gasteiger partial charge in [0.15, 0.2) is 5.82 Å². The monoisotopic (exact) mass is 312 g/mol. The van der Waals surface area contributed by atoms with Crippen molar-refractivity contribution in [3.8, 4) is 0 Å². The predicted octanol–water partition coefficient (Wildman–Crippen LogP) is 5.67. The third-order valence-electron chi connectivity index (χ3n) is 3.46. The highest BCUT2D eigenvalue weighted by Gasteiger charge is 2.56. The molecule has 0 fully saturated rings. The van der Waals surface area contributed by atoms with E-state index in [2.05, 4.69) is 0 Å². The molecule has 0 saturated carbocycles. The van der Waals surface area contributed by atoms with Crippen molar-refractivity contribution in [1.29, 1.82) is 0 Å². The highest BCUT2D eigenvalue weighted by Crippen LogP contribution is 2.52. The second kappa shape index (κ2) is 4.67. The topological polar surface area (TPSA) is 0 Å². The van der Waals surface area contributed by atoms with Gasteiger partial charge in [-0.15, -0.1) is 0 Å². The Hall–Kier alpha value is -0.740. The van der Waals surface area contributed by atoms with Gasteiger partial charge in [0.25, 0.3) is 0 Å². The fraction of sp³-hybridized carbons (Fsp3) is 0.385. The summed E-state index contributed by atoms with van der Waals surface area (Å²) in [7, 11) is 0. The van der Waals surface area contributed by atoms with E-state index in [1.165, 1.54) is 0 Å². The van der Waals surface area contributed by atoms with Crippen LogP contribution in [-0.2, 0) is 5.41 Å². The Labute approximate surface area is 118 Å². The number of allylic oxidation sites excluding steroid dienone is 2. The minimum absolute atomic E-state index is 0.0931. The summed E-state index contributed by atoms with van der Waals surface area (Å²) in [5, 5.41) is -0.786. The molecule has 0 bridgehead atoms. The predicted molar refractivity (Wildman–Crippen MR) is 67.1 cm³/mol. The molecule has 1 aromatic rings. The molecule has 0 nitrogen and oxygen atoms in total. The molecular formula is C13H10Cl2F4. The number of hydrogen-bond acceptors (Lipinski definition) is 0. The first-order chi connectivity index (χ1) is 8.67. The maximum absolute atomic E-state index is 13.4. The third kappa shape index (κ3) is 2.36. The number of benzene rings is 1. The van der Waals surface area contributed by atoms with Gasteiger partial charge in [-0.2, -0.15) is 13.2 Å². The molecule has 0 radical (unpaired) electrons. The van der Waals surface area contributed by atoms with Crippen LogP contribution < -0.4 is 0 Å². The molecule has 6 heteroatoms. The Morgan fingerprint density at radius 1 is 1.16 bits per heavy atom. The smallest absolute Gasteiger partial charge is 0.204 e. The van der Waals surface area contributed by atoms with Crippen LogP contribution in [0.4, 0.5) is 17.6 Å². The number of halogens is 6. The second-order valence-electron chi connectivity index (χ2n) is 4.77. The summed E-state index contributed by atoms with van der Waals surface area (Å²) in [5.41, 5.74) is -1.50. The van der Waals surface area contributed by atoms with Crippen molar-refractivity contribution >= 4 is 23.2 Å². The van der Waals surface area contributed by atoms with Crippen LogP contribution in [0, 0.1) is 5.82 Å². The molecule has 0 spiro atoms. The lowest BCUT2D eigenvalue weighted by Crippen LogP contribution is -2.40. The summed E-state index contributed by atoms with van der Waals surface area (Å²) in [6.45, 7) is 1.64. The average molecular weight is 313 g/mol. The van der Waals surface area contributed by atoms with Gasteiger partial charge in [0.05, 0.1) is 15.5 Å². The SMILES string of the molecule is CC1=CCC(c2cc(Cl)c(F)c(Cl)c2)(C(F)(F)F)C1. The lowest BCUT2D eigenvalue weighted by molar-refractivity contribution is -0.187. The number of hydrogen-bond donors (Lipinski definition) is 0. The maximum Gasteiger partial charge on any atom is 0.399 e. The number of alkyl halides is 3. The molecule has 0 saturated heterocycles. The van der Waals surface area contributed by atoms with Gasteiger partial charge >= 0.3 is 6.18 Å². The zero-order valence-corrected chi connectivity index (χ0v) is 11.4. The summed E-state index contributed by atoms with van der Waals surface area (Å²) >= 11 is 11.2. The lowest BCUT2D eigenvalue weighted by atomic mass is 9.77. The van der Waals surface area contributed by atoms with Crippen LogP contribution in [0.25, 0.3) is 0 Å². The van der Waals surface area contributed by atoms with E-state index in [9.17, 15) is 17.6 Å². The average Bonchev–Trinajstić information content (AvgIpc) is 2.68. The first-order valence-corrected chi connectivity index (χ1v) is 6.30. The van der Waals surface area contributed by atoms with Crippen LogP contribution in [-0.4, -0.2) is 6.18 Å². The Morgan fingerprint density at radius 3 is 2.05 bits per heavy atom. The maximum atomic E-state index is 13.4. The van der Waals surface area contributed by atoms with Gasteiger partial charge < -0.3 is 0 Å². The Bertz CT molecular complexity index is 525. The molecular weight excluding hydrogens is 303 g/mol. The Kier molecular flexibility index (Phi) is 3.60. The van der Waals surface area contributed by atoms with E-state index in [1.54, 1.807) is 13.0 Å². The van der Waals surface area contributed by atoms with E-state index < -0.39 is 27.5 Å². The molecule has 2 rings (SSSR count). The molecule has 0 heterocycles. The van der Waals surface area contributed by atoms with Gasteiger partial charge in [0.2, 0.25) is 0 Å². The summed E-state index contributed by atoms with van der Waals surface area (Å²) in [4.78, 5) is 0. The van der Waals surface area contributed by atoms with E-state index in [1.807, 2.05) is 0 Å². The first-order valence-electron chi connectivity index (χ1n) is 5.55. The largest absolute Gasteiger partial charge is 0.399 e. The highest BCUT2D eigenvalue weighted by molar-refractivity contribution is 6.35. The van der Waals surface area contributed by atoms with Gasteiger partial charge in [-0.05, 0) is 37.5 Å². The standard InChI is InChI=1S/C13H10Cl2F4/c1-7-2-3-12(6-7,13(17,18)19)8-4-9(14)11(16)10(15)5-8/h2,4-5H,3,6H2,1H3. The molecule has 1 unspecified atom stereocenters. The summed E-state index contributed by atoms with van der Waals surface area (Å²) in [5.74, 6) is -0.896. The lowest BCUT2D eigenvalue weighted by Gasteiger charge is -2.33. The van der Waals surface area contributed by atoms with Crippen LogP contribution in [0.3, 0.4) is 0 Å². The van der Waals surface area contributed by atoms with Crippen molar-refractivity contribution in [3.05, 3.63) is 45.2 Å². The molecule has 0 N–H and O–H groups in total. The molecule has 19 heavy (non-hydrogen) atoms. The zero-order chi connectivity index (χ0) is 14.4. The van der Waals surface area contributed by atoms with Crippen molar-refractivity contribution in [1.82, 2.24) is 0 Å². The molecule has 0 aliphatic heterocycles. The first kappa shape index (κ1) is 14.7. The van der Waals surface area contributed by atoms with Gasteiger partial charge in [0, 0.05) is 0 Å². The van der Waals surface area contributed by atoms with Gasteiger partial charge in [-0.1, -0.05) is 34.9 Å². The van der Waals surface area contributed by atoms with E-state index in [0.29, 0.717) is 5.57 Å². The highest BCUT2D eigenvalue weighted by atomic mass is 35.5. The van der Waals surface area contributed by atoms with Crippen molar-refractivity contribution in [2.24, 2.45) is 0 Å². The third-order valence-corrected chi connectivity index (χ3v) is 4.01. The van der Waals surface area contributed by atoms with Crippen molar-refractivity contribution in [2.45, 2.75) is 31.4 Å². The molecule has 1 aliphatic carbocycles. The van der Waals surface area contributed by atoms with E-state index in [-0.39, 0.29) is 18.4 Å². The molecule has 1 atom stereocenters. The van der Waals surface area contributed by atoms with Crippen LogP contribution in [0.1, 0.15) is 25.3 Å². The van der Waals surface area contributed by atoms with Gasteiger partial charge in [-0.3, -0.25) is 0 Å². The summed E-state index contributed by atoms with van der Waals surface area (Å²) < 4.78 is 53.6. The molecule has 0 amide bonds. The minimum Gasteiger partial charge on any atom is -0.204 e. The van der Waals surface area contributed by atoms with E-state index >= 15 is 0 Å². The fourth-order valence-corrected chi connectivity index (χ4v) is 2.89. The quantitative estimate of drug-likeness (QED) is 0.356. The van der Waals surface area contributed by atoms with E-state index in [0.717, 1.165) is 12.1 Å². The Morgan fingerprint density at radius 2 is 1.68 bits per heavy atom. The summed E-state index contributed by atoms with van der Waals surface area (Å²) in [6.07, 6.45) is -3.25. The summed E-state index contributed by atoms with van der Waals surface area (Å²) in [6, 6.07) is 2.03. The van der Waals surface area contributed by atoms with Crippen molar-refractivity contribution < 1.29 is 17.6 Å². The van der Waals surface area contributed by atoms with E-state index in [4.69, 9.17) is 23.2 Å². The van der Waals surface area contributed by atoms with Gasteiger partial charge in [0.1, 0.15) is 0 Å². The second-order valence-corrected chi connectivity index (χ2v) is 5.58. The zero-order valence-electron chi connectivity index (χ0n) is 9.91. The Balaban J connectivity index is 2.59. The molecule has 0 aromatic heterocycles. The minimum atomic E-state index is -4.45. The van der Waals surface area contributed by atoms with Crippen molar-refractivity contribution in [3.63, 3.8) is 0 Å². The van der Waals surface area contributed by atoms with Crippen LogP contribution in [0.2, 0.25) is 10.0 Å². The van der Waals surface area contributed by atoms with Crippen molar-refractivity contribution in [2.75, 3.05) is 0 Å². The molecule has 104 valence electrons. The molecule has 1 aliphatic rings. The molecule has 1 aromatic carbocycles. The van der Waals surface area contributed by atoms with Crippen LogP contribution in [0.5, 0.6) is 0 Å². The van der Waals surface area contributed by atoms with Crippen LogP contribution >= 0.6 is 23.2 Å². The number of rotatable bonds is 1. The van der Waals surface area contributed by atoms with Gasteiger partial charge in [-0.25, -0.2) is 4.39 Å². The fourth-order valence-electron chi connectivity index (χ4n) is 2.40.